The maximum absolute atomic E-state index is 12.6. The average molecular weight is 636 g/mol. The van der Waals surface area contributed by atoms with Crippen LogP contribution in [0.1, 0.15) is 62.1 Å². The van der Waals surface area contributed by atoms with Gasteiger partial charge in [-0.1, -0.05) is 61.5 Å². The Morgan fingerprint density at radius 1 is 0.979 bits per heavy atom. The highest BCUT2D eigenvalue weighted by atomic mass is 16.5. The molecule has 248 valence electrons. The summed E-state index contributed by atoms with van der Waals surface area (Å²) in [6.45, 7) is 6.23. The Bertz CT molecular complexity index is 1570. The number of ketones is 1. The van der Waals surface area contributed by atoms with Crippen LogP contribution in [-0.2, 0) is 27.8 Å². The van der Waals surface area contributed by atoms with Crippen molar-refractivity contribution >= 4 is 17.4 Å². The van der Waals surface area contributed by atoms with Gasteiger partial charge in [-0.2, -0.15) is 0 Å². The number of benzene rings is 3. The van der Waals surface area contributed by atoms with Crippen LogP contribution in [0.5, 0.6) is 11.5 Å². The van der Waals surface area contributed by atoms with Crippen LogP contribution >= 0.6 is 0 Å². The van der Waals surface area contributed by atoms with Crippen molar-refractivity contribution in [1.29, 1.82) is 0 Å². The van der Waals surface area contributed by atoms with E-state index in [0.29, 0.717) is 30.8 Å². The van der Waals surface area contributed by atoms with Crippen molar-refractivity contribution in [2.45, 2.75) is 81.9 Å². The minimum atomic E-state index is -0.284. The Kier molecular flexibility index (Phi) is 9.12. The fraction of sp³-hybridized carbons (Fsp3) is 0.500. The summed E-state index contributed by atoms with van der Waals surface area (Å²) in [5.41, 5.74) is 5.01. The maximum Gasteiger partial charge on any atom is 0.226 e. The van der Waals surface area contributed by atoms with Crippen LogP contribution < -0.4 is 14.4 Å². The zero-order valence-electron chi connectivity index (χ0n) is 28.2. The van der Waals surface area contributed by atoms with Crippen LogP contribution in [0.2, 0.25) is 0 Å². The van der Waals surface area contributed by atoms with Crippen molar-refractivity contribution in [2.75, 3.05) is 45.2 Å². The largest absolute Gasteiger partial charge is 0.493 e. The molecule has 3 fully saturated rings. The van der Waals surface area contributed by atoms with E-state index >= 15 is 0 Å². The van der Waals surface area contributed by atoms with Gasteiger partial charge in [0, 0.05) is 61.2 Å². The molecule has 2 saturated heterocycles. The fourth-order valence-electron chi connectivity index (χ4n) is 9.32. The van der Waals surface area contributed by atoms with E-state index in [1.165, 1.54) is 16.7 Å². The molecule has 8 rings (SSSR count). The lowest BCUT2D eigenvalue weighted by Crippen LogP contribution is -2.65. The lowest BCUT2D eigenvalue weighted by molar-refractivity contribution is -0.138. The number of nitrogens with zero attached hydrogens (tertiary/aromatic N) is 3. The first-order valence-corrected chi connectivity index (χ1v) is 17.7. The molecule has 47 heavy (non-hydrogen) atoms. The summed E-state index contributed by atoms with van der Waals surface area (Å²) < 4.78 is 11.8. The first kappa shape index (κ1) is 31.9. The topological polar surface area (TPSA) is 62.3 Å². The molecule has 1 saturated carbocycles. The summed E-state index contributed by atoms with van der Waals surface area (Å²) in [7, 11) is 3.91. The van der Waals surface area contributed by atoms with Crippen LogP contribution in [0.25, 0.3) is 0 Å². The molecule has 7 nitrogen and oxygen atoms in total. The first-order valence-electron chi connectivity index (χ1n) is 17.7. The Balaban J connectivity index is 0.000000150. The van der Waals surface area contributed by atoms with E-state index < -0.39 is 0 Å². The van der Waals surface area contributed by atoms with Crippen LogP contribution in [0.15, 0.2) is 72.8 Å². The van der Waals surface area contributed by atoms with Crippen LogP contribution in [-0.4, -0.2) is 80.0 Å². The number of ether oxygens (including phenoxy) is 2. The van der Waals surface area contributed by atoms with Crippen molar-refractivity contribution < 1.29 is 19.1 Å². The van der Waals surface area contributed by atoms with Crippen LogP contribution in [0.3, 0.4) is 0 Å². The number of rotatable bonds is 7. The van der Waals surface area contributed by atoms with Crippen molar-refractivity contribution in [3.63, 3.8) is 0 Å². The summed E-state index contributed by atoms with van der Waals surface area (Å²) in [5, 5.41) is 0. The number of piperidine rings is 2. The van der Waals surface area contributed by atoms with Gasteiger partial charge in [-0.05, 0) is 87.4 Å². The molecule has 2 aliphatic carbocycles. The second-order valence-corrected chi connectivity index (χ2v) is 14.0. The number of amides is 1. The third-order valence-electron chi connectivity index (χ3n) is 11.7. The fourth-order valence-corrected chi connectivity index (χ4v) is 9.32. The van der Waals surface area contributed by atoms with Gasteiger partial charge in [-0.25, -0.2) is 0 Å². The normalized spacial score (nSPS) is 26.4. The highest BCUT2D eigenvalue weighted by molar-refractivity contribution is 5.93. The van der Waals surface area contributed by atoms with E-state index in [-0.39, 0.29) is 23.2 Å². The number of likely N-dealkylation sites (N-methyl/N-ethyl adjacent to an activating group) is 1. The zero-order valence-corrected chi connectivity index (χ0v) is 28.2. The summed E-state index contributed by atoms with van der Waals surface area (Å²) in [4.78, 5) is 32.2. The number of methoxy groups -OCH3 is 1. The highest BCUT2D eigenvalue weighted by Gasteiger charge is 2.65. The standard InChI is InChI=1S/C22H28N2O.C18H21NO3/c1-2-22(25)24(20-11-7-4-8-12-20)21-14-17-23(18-15-21)16-13-19-9-5-3-6-10-19;1-19-8-7-18-11-4-5-13(20)17(18)22-16-14(21-2)6-3-10(15(16)18)9-12(11)19/h3-12,21H,2,13-18H2,1H3;3,6,11-12,17H,4-5,7-9H2,1-2H3/t;11-,12+,17-,18-/m.0/s1. The molecule has 0 radical (unpaired) electrons. The quantitative estimate of drug-likeness (QED) is 0.314. The molecule has 0 aromatic heterocycles. The van der Waals surface area contributed by atoms with Gasteiger partial charge in [-0.15, -0.1) is 0 Å². The number of carbonyl (C=O) groups is 2. The molecule has 3 aromatic carbocycles. The van der Waals surface area contributed by atoms with E-state index in [0.717, 1.165) is 81.9 Å². The molecule has 5 aliphatic rings. The Hall–Kier alpha value is -3.68. The smallest absolute Gasteiger partial charge is 0.226 e. The van der Waals surface area contributed by atoms with Gasteiger partial charge in [0.1, 0.15) is 0 Å². The van der Waals surface area contributed by atoms with Gasteiger partial charge in [0.25, 0.3) is 0 Å². The Morgan fingerprint density at radius 2 is 1.70 bits per heavy atom. The van der Waals surface area contributed by atoms with Gasteiger partial charge < -0.3 is 24.2 Å². The Morgan fingerprint density at radius 3 is 2.40 bits per heavy atom. The third-order valence-corrected chi connectivity index (χ3v) is 11.7. The SMILES string of the molecule is CCC(=O)N(c1ccccc1)C1CCN(CCc2ccccc2)CC1.COc1ccc2c3c1O[C@H]1C(=O)CC[C@H]4[C@@H](C2)N(C)CC[C@]314. The minimum Gasteiger partial charge on any atom is -0.493 e. The van der Waals surface area contributed by atoms with Crippen molar-refractivity contribution in [3.8, 4) is 11.5 Å². The number of anilines is 1. The Labute approximate surface area is 279 Å². The highest BCUT2D eigenvalue weighted by Crippen LogP contribution is 2.63. The predicted octanol–water partition coefficient (Wildman–Crippen LogP) is 6.07. The lowest BCUT2D eigenvalue weighted by atomic mass is 9.52. The van der Waals surface area contributed by atoms with E-state index in [1.807, 2.05) is 36.1 Å². The van der Waals surface area contributed by atoms with Crippen molar-refractivity contribution in [1.82, 2.24) is 9.80 Å². The number of hydrogen-bond donors (Lipinski definition) is 0. The van der Waals surface area contributed by atoms with E-state index in [1.54, 1.807) is 7.11 Å². The second kappa shape index (κ2) is 13.4. The molecule has 4 atom stereocenters. The number of hydrogen-bond acceptors (Lipinski definition) is 6. The van der Waals surface area contributed by atoms with Crippen molar-refractivity contribution in [2.24, 2.45) is 5.92 Å². The minimum absolute atomic E-state index is 0.0933. The molecule has 3 aliphatic heterocycles. The number of carbonyl (C=O) groups excluding carboxylic acids is 2. The number of para-hydroxylation sites is 1. The van der Waals surface area contributed by atoms with Crippen LogP contribution in [0, 0.1) is 5.92 Å². The van der Waals surface area contributed by atoms with E-state index in [2.05, 4.69) is 65.4 Å². The van der Waals surface area contributed by atoms with Gasteiger partial charge in [0.2, 0.25) is 5.91 Å². The molecular weight excluding hydrogens is 586 g/mol. The summed E-state index contributed by atoms with van der Waals surface area (Å²) >= 11 is 0. The lowest BCUT2D eigenvalue weighted by Gasteiger charge is -2.57. The molecule has 1 spiro atoms. The summed E-state index contributed by atoms with van der Waals surface area (Å²) in [6, 6.07) is 25.9. The summed E-state index contributed by atoms with van der Waals surface area (Å²) in [5.74, 6) is 2.69. The van der Waals surface area contributed by atoms with Crippen molar-refractivity contribution in [3.05, 3.63) is 89.5 Å². The molecule has 3 heterocycles. The van der Waals surface area contributed by atoms with Gasteiger partial charge in [0.15, 0.2) is 23.4 Å². The zero-order chi connectivity index (χ0) is 32.5. The molecule has 3 aromatic rings. The van der Waals surface area contributed by atoms with Crippen LogP contribution in [0.4, 0.5) is 5.69 Å². The van der Waals surface area contributed by atoms with E-state index in [9.17, 15) is 9.59 Å². The summed E-state index contributed by atoms with van der Waals surface area (Å²) in [6.07, 6.45) is 7.23. The monoisotopic (exact) mass is 635 g/mol. The predicted molar refractivity (Wildman–Crippen MR) is 185 cm³/mol. The molecule has 0 N–H and O–H groups in total. The molecular formula is C40H49N3O4. The van der Waals surface area contributed by atoms with Gasteiger partial charge in [-0.3, -0.25) is 9.59 Å². The molecule has 7 heteroatoms. The third kappa shape index (κ3) is 5.76. The number of Topliss-reactive ketones (excluding diaryl/α,β-unsaturated/α-hetero) is 1. The number of likely N-dealkylation sites (tertiary alicyclic amines) is 2. The van der Waals surface area contributed by atoms with Gasteiger partial charge >= 0.3 is 0 Å². The molecule has 1 amide bonds. The molecule has 2 bridgehead atoms. The average Bonchev–Trinajstić information content (AvgIpc) is 3.47. The first-order chi connectivity index (χ1) is 22.9. The second-order valence-electron chi connectivity index (χ2n) is 14.0. The van der Waals surface area contributed by atoms with Gasteiger partial charge in [0.05, 0.1) is 7.11 Å². The van der Waals surface area contributed by atoms with E-state index in [4.69, 9.17) is 9.47 Å². The molecule has 0 unspecified atom stereocenters. The maximum atomic E-state index is 12.6.